The lowest BCUT2D eigenvalue weighted by atomic mass is 10.1. The molecule has 1 aliphatic rings. The summed E-state index contributed by atoms with van der Waals surface area (Å²) in [5.41, 5.74) is 0.243. The van der Waals surface area contributed by atoms with E-state index >= 15 is 0 Å². The van der Waals surface area contributed by atoms with Gasteiger partial charge in [0.2, 0.25) is 11.9 Å². The highest BCUT2D eigenvalue weighted by atomic mass is 35.5. The van der Waals surface area contributed by atoms with Crippen molar-refractivity contribution in [1.29, 1.82) is 0 Å². The van der Waals surface area contributed by atoms with Gasteiger partial charge in [-0.2, -0.15) is 28.1 Å². The monoisotopic (exact) mass is 585 g/mol. The number of piperazine rings is 1. The second kappa shape index (κ2) is 11.7. The smallest absolute Gasteiger partial charge is 0.416 e. The van der Waals surface area contributed by atoms with E-state index in [0.717, 1.165) is 12.1 Å². The van der Waals surface area contributed by atoms with Crippen molar-refractivity contribution in [1.82, 2.24) is 19.9 Å². The van der Waals surface area contributed by atoms with Crippen molar-refractivity contribution in [3.63, 3.8) is 0 Å². The number of rotatable bonds is 7. The Bertz CT molecular complexity index is 1520. The third kappa shape index (κ3) is 6.22. The number of pyridine rings is 1. The molecule has 0 saturated carbocycles. The molecule has 9 nitrogen and oxygen atoms in total. The maximum Gasteiger partial charge on any atom is 0.416 e. The summed E-state index contributed by atoms with van der Waals surface area (Å²) in [6.45, 7) is 3.85. The van der Waals surface area contributed by atoms with Crippen LogP contribution in [0.1, 0.15) is 12.5 Å². The molecule has 0 amide bonds. The molecule has 0 aliphatic carbocycles. The zero-order chi connectivity index (χ0) is 29.1. The number of methoxy groups -OCH3 is 2. The zero-order valence-corrected chi connectivity index (χ0v) is 23.2. The van der Waals surface area contributed by atoms with Crippen LogP contribution in [0.4, 0.5) is 36.6 Å². The second-order valence-corrected chi connectivity index (χ2v) is 9.75. The van der Waals surface area contributed by atoms with Gasteiger partial charge in [0.25, 0.3) is 0 Å². The predicted molar refractivity (Wildman–Crippen MR) is 151 cm³/mol. The van der Waals surface area contributed by atoms with Gasteiger partial charge in [-0.05, 0) is 55.5 Å². The van der Waals surface area contributed by atoms with Gasteiger partial charge in [-0.25, -0.2) is 4.98 Å². The first-order valence-corrected chi connectivity index (χ1v) is 13.1. The fourth-order valence-corrected chi connectivity index (χ4v) is 4.82. The molecule has 41 heavy (non-hydrogen) atoms. The van der Waals surface area contributed by atoms with Gasteiger partial charge in [-0.1, -0.05) is 11.6 Å². The number of aromatic nitrogens is 4. The number of nitrogens with one attached hydrogen (secondary N) is 1. The van der Waals surface area contributed by atoms with Gasteiger partial charge in [-0.3, -0.25) is 0 Å². The Morgan fingerprint density at radius 1 is 0.976 bits per heavy atom. The predicted octanol–water partition coefficient (Wildman–Crippen LogP) is 6.08. The fourth-order valence-electron chi connectivity index (χ4n) is 4.58. The molecule has 4 aromatic rings. The molecule has 0 bridgehead atoms. The van der Waals surface area contributed by atoms with E-state index in [0.29, 0.717) is 65.0 Å². The van der Waals surface area contributed by atoms with E-state index in [2.05, 4.69) is 25.2 Å². The topological polar surface area (TPSA) is 88.5 Å². The van der Waals surface area contributed by atoms with Crippen LogP contribution in [0.25, 0.3) is 11.4 Å². The van der Waals surface area contributed by atoms with Crippen LogP contribution >= 0.6 is 11.6 Å². The molecular weight excluding hydrogens is 559 g/mol. The molecular formula is C28H27ClF3N7O2. The first-order chi connectivity index (χ1) is 19.7. The maximum absolute atomic E-state index is 13.1. The number of ether oxygens (including phenoxy) is 2. The largest absolute Gasteiger partial charge is 0.497 e. The average molecular weight is 586 g/mol. The average Bonchev–Trinajstić information content (AvgIpc) is 2.96. The molecule has 1 fully saturated rings. The number of hydrogen-bond donors (Lipinski definition) is 1. The first kappa shape index (κ1) is 28.2. The van der Waals surface area contributed by atoms with Gasteiger partial charge >= 0.3 is 6.18 Å². The summed E-state index contributed by atoms with van der Waals surface area (Å²) in [6.07, 6.45) is -2.73. The third-order valence-corrected chi connectivity index (χ3v) is 6.96. The van der Waals surface area contributed by atoms with Crippen molar-refractivity contribution in [3.05, 3.63) is 71.4 Å². The molecule has 13 heteroatoms. The van der Waals surface area contributed by atoms with Gasteiger partial charge in [0.15, 0.2) is 5.82 Å². The van der Waals surface area contributed by atoms with Crippen LogP contribution in [0, 0.1) is 0 Å². The number of halogens is 4. The Kier molecular flexibility index (Phi) is 8.02. The Morgan fingerprint density at radius 2 is 1.76 bits per heavy atom. The van der Waals surface area contributed by atoms with Gasteiger partial charge in [0.1, 0.15) is 17.3 Å². The van der Waals surface area contributed by atoms with Gasteiger partial charge in [0.05, 0.1) is 30.4 Å². The highest BCUT2D eigenvalue weighted by Gasteiger charge is 2.31. The molecule has 2 aromatic heterocycles. The van der Waals surface area contributed by atoms with E-state index in [-0.39, 0.29) is 12.0 Å². The van der Waals surface area contributed by atoms with Crippen LogP contribution in [0.15, 0.2) is 60.8 Å². The van der Waals surface area contributed by atoms with Crippen molar-refractivity contribution < 1.29 is 22.6 Å². The molecule has 0 radical (unpaired) electrons. The minimum atomic E-state index is -4.44. The van der Waals surface area contributed by atoms with Crippen LogP contribution in [0.2, 0.25) is 5.02 Å². The maximum atomic E-state index is 13.1. The summed E-state index contributed by atoms with van der Waals surface area (Å²) in [6, 6.07) is 13.5. The van der Waals surface area contributed by atoms with Crippen LogP contribution in [-0.2, 0) is 6.18 Å². The number of alkyl halides is 3. The van der Waals surface area contributed by atoms with Crippen LogP contribution in [0.5, 0.6) is 11.5 Å². The summed E-state index contributed by atoms with van der Waals surface area (Å²) in [5.74, 6) is 2.70. The molecule has 214 valence electrons. The molecule has 3 heterocycles. The van der Waals surface area contributed by atoms with E-state index < -0.39 is 11.7 Å². The number of anilines is 4. The van der Waals surface area contributed by atoms with Crippen molar-refractivity contribution in [3.8, 4) is 22.9 Å². The zero-order valence-electron chi connectivity index (χ0n) is 22.5. The number of hydrogen-bond acceptors (Lipinski definition) is 9. The summed E-state index contributed by atoms with van der Waals surface area (Å²) in [4.78, 5) is 22.6. The molecule has 0 spiro atoms. The van der Waals surface area contributed by atoms with E-state index in [9.17, 15) is 13.2 Å². The summed E-state index contributed by atoms with van der Waals surface area (Å²) < 4.78 is 50.1. The highest BCUT2D eigenvalue weighted by molar-refractivity contribution is 6.32. The molecule has 0 unspecified atom stereocenters. The molecule has 1 saturated heterocycles. The Hall–Kier alpha value is -4.32. The third-order valence-electron chi connectivity index (χ3n) is 6.66. The van der Waals surface area contributed by atoms with Crippen molar-refractivity contribution >= 4 is 35.0 Å². The van der Waals surface area contributed by atoms with Crippen molar-refractivity contribution in [2.75, 3.05) is 49.0 Å². The molecule has 5 rings (SSSR count). The van der Waals surface area contributed by atoms with E-state index in [4.69, 9.17) is 26.1 Å². The van der Waals surface area contributed by atoms with Crippen LogP contribution in [-0.4, -0.2) is 59.8 Å². The minimum Gasteiger partial charge on any atom is -0.497 e. The number of benzene rings is 2. The SMILES string of the molecule is COc1ccc(-c2nc(Nc3ccc(C(F)(F)F)cc3)nc(N3CCN(c4ncccc4Cl)C[C@H]3C)n2)c(OC)c1. The van der Waals surface area contributed by atoms with Crippen molar-refractivity contribution in [2.24, 2.45) is 0 Å². The summed E-state index contributed by atoms with van der Waals surface area (Å²) in [5, 5.41) is 3.60. The van der Waals surface area contributed by atoms with Crippen molar-refractivity contribution in [2.45, 2.75) is 19.1 Å². The molecule has 1 aliphatic heterocycles. The van der Waals surface area contributed by atoms with E-state index in [1.54, 1.807) is 43.6 Å². The first-order valence-electron chi connectivity index (χ1n) is 12.7. The standard InChI is InChI=1S/C28H27ClF3N7O2/c1-17-16-38(25-22(29)5-4-12-33-25)13-14-39(17)27-36-24(21-11-10-20(40-2)15-23(21)41-3)35-26(37-27)34-19-8-6-18(7-9-19)28(30,31)32/h4-12,15,17H,13-14,16H2,1-3H3,(H,34,35,36,37)/t17-/m1/s1. The van der Waals surface area contributed by atoms with Gasteiger partial charge in [-0.15, -0.1) is 0 Å². The lowest BCUT2D eigenvalue weighted by Crippen LogP contribution is -2.53. The van der Waals surface area contributed by atoms with E-state index in [1.807, 2.05) is 11.8 Å². The fraction of sp³-hybridized carbons (Fsp3) is 0.286. The quantitative estimate of drug-likeness (QED) is 0.277. The normalized spacial score (nSPS) is 15.5. The summed E-state index contributed by atoms with van der Waals surface area (Å²) >= 11 is 6.39. The Balaban J connectivity index is 1.50. The Morgan fingerprint density at radius 3 is 2.41 bits per heavy atom. The molecule has 2 aromatic carbocycles. The lowest BCUT2D eigenvalue weighted by molar-refractivity contribution is -0.137. The van der Waals surface area contributed by atoms with Crippen LogP contribution < -0.4 is 24.6 Å². The lowest BCUT2D eigenvalue weighted by Gasteiger charge is -2.40. The van der Waals surface area contributed by atoms with Gasteiger partial charge in [0, 0.05) is 43.6 Å². The summed E-state index contributed by atoms with van der Waals surface area (Å²) in [7, 11) is 3.09. The second-order valence-electron chi connectivity index (χ2n) is 9.35. The minimum absolute atomic E-state index is 0.0336. The van der Waals surface area contributed by atoms with E-state index in [1.165, 1.54) is 19.2 Å². The molecule has 1 atom stereocenters. The highest BCUT2D eigenvalue weighted by Crippen LogP contribution is 2.34. The number of nitrogens with zero attached hydrogens (tertiary/aromatic N) is 6. The Labute approximate surface area is 239 Å². The van der Waals surface area contributed by atoms with Gasteiger partial charge < -0.3 is 24.6 Å². The van der Waals surface area contributed by atoms with Crippen LogP contribution in [0.3, 0.4) is 0 Å². The molecule has 1 N–H and O–H groups in total.